The predicted octanol–water partition coefficient (Wildman–Crippen LogP) is 1.81. The number of carbonyl (C=O) groups excluding carboxylic acids is 1. The van der Waals surface area contributed by atoms with E-state index in [0.29, 0.717) is 6.42 Å². The van der Waals surface area contributed by atoms with Crippen LogP contribution in [-0.4, -0.2) is 18.7 Å². The number of rotatable bonds is 4. The van der Waals surface area contributed by atoms with Gasteiger partial charge in [-0.3, -0.25) is 4.79 Å². The number of thioether (sulfide) groups is 1. The van der Waals surface area contributed by atoms with Crippen LogP contribution in [0.1, 0.15) is 12.0 Å². The van der Waals surface area contributed by atoms with E-state index in [9.17, 15) is 4.79 Å². The molecule has 1 aromatic carbocycles. The van der Waals surface area contributed by atoms with Crippen LogP contribution in [0.15, 0.2) is 23.1 Å². The highest BCUT2D eigenvalue weighted by molar-refractivity contribution is 7.99. The zero-order chi connectivity index (χ0) is 11.3. The van der Waals surface area contributed by atoms with E-state index in [0.717, 1.165) is 16.3 Å². The van der Waals surface area contributed by atoms with Gasteiger partial charge in [0.25, 0.3) is 0 Å². The minimum atomic E-state index is 0.0636. The number of hydrogen-bond acceptors (Lipinski definition) is 3. The lowest BCUT2D eigenvalue weighted by Crippen LogP contribution is -2.17. The van der Waals surface area contributed by atoms with Crippen LogP contribution in [0.25, 0.3) is 0 Å². The summed E-state index contributed by atoms with van der Waals surface area (Å²) in [6, 6.07) is 5.93. The number of aryl methyl sites for hydroxylation is 1. The number of nitrogens with two attached hydrogens (primary N) is 1. The average molecular weight is 224 g/mol. The van der Waals surface area contributed by atoms with Gasteiger partial charge in [-0.05, 0) is 24.6 Å². The summed E-state index contributed by atoms with van der Waals surface area (Å²) in [5.41, 5.74) is 7.78. The van der Waals surface area contributed by atoms with Crippen LogP contribution < -0.4 is 11.1 Å². The quantitative estimate of drug-likeness (QED) is 0.606. The molecule has 1 aromatic rings. The molecule has 0 heterocycles. The van der Waals surface area contributed by atoms with Crippen LogP contribution in [0.4, 0.5) is 5.69 Å². The molecule has 0 fully saturated rings. The highest BCUT2D eigenvalue weighted by atomic mass is 32.2. The van der Waals surface area contributed by atoms with Crippen LogP contribution in [0.2, 0.25) is 0 Å². The number of nitrogens with one attached hydrogen (secondary N) is 1. The third-order valence-corrected chi connectivity index (χ3v) is 3.11. The van der Waals surface area contributed by atoms with Gasteiger partial charge in [0, 0.05) is 29.8 Å². The Morgan fingerprint density at radius 2 is 2.27 bits per heavy atom. The summed E-state index contributed by atoms with van der Waals surface area (Å²) >= 11 is 1.62. The van der Waals surface area contributed by atoms with Crippen LogP contribution in [0, 0.1) is 6.92 Å². The number of hydrogen-bond donors (Lipinski definition) is 2. The van der Waals surface area contributed by atoms with Crippen LogP contribution in [0.5, 0.6) is 0 Å². The molecule has 3 nitrogen and oxygen atoms in total. The minimum absolute atomic E-state index is 0.0636. The van der Waals surface area contributed by atoms with E-state index in [-0.39, 0.29) is 5.91 Å². The summed E-state index contributed by atoms with van der Waals surface area (Å²) in [5, 5.41) is 2.59. The van der Waals surface area contributed by atoms with E-state index in [4.69, 9.17) is 5.73 Å². The van der Waals surface area contributed by atoms with Crippen molar-refractivity contribution in [3.05, 3.63) is 23.8 Å². The second kappa shape index (κ2) is 5.66. The van der Waals surface area contributed by atoms with Gasteiger partial charge in [0.05, 0.1) is 0 Å². The van der Waals surface area contributed by atoms with E-state index in [1.807, 2.05) is 25.1 Å². The van der Waals surface area contributed by atoms with Crippen molar-refractivity contribution in [3.8, 4) is 0 Å². The van der Waals surface area contributed by atoms with Gasteiger partial charge in [-0.25, -0.2) is 0 Å². The molecule has 3 N–H and O–H groups in total. The maximum Gasteiger partial charge on any atom is 0.220 e. The molecule has 0 radical (unpaired) electrons. The summed E-state index contributed by atoms with van der Waals surface area (Å²) in [6.45, 7) is 2.03. The van der Waals surface area contributed by atoms with Crippen LogP contribution >= 0.6 is 11.8 Å². The van der Waals surface area contributed by atoms with Crippen molar-refractivity contribution >= 4 is 23.4 Å². The Hall–Kier alpha value is -1.16. The van der Waals surface area contributed by atoms with Crippen LogP contribution in [0.3, 0.4) is 0 Å². The number of anilines is 1. The van der Waals surface area contributed by atoms with E-state index in [1.54, 1.807) is 18.8 Å². The summed E-state index contributed by atoms with van der Waals surface area (Å²) < 4.78 is 0. The fourth-order valence-corrected chi connectivity index (χ4v) is 2.16. The Morgan fingerprint density at radius 3 is 2.93 bits per heavy atom. The first-order valence-electron chi connectivity index (χ1n) is 4.83. The molecule has 0 bridgehead atoms. The second-order valence-electron chi connectivity index (χ2n) is 3.31. The first-order chi connectivity index (χ1) is 7.13. The highest BCUT2D eigenvalue weighted by Crippen LogP contribution is 2.26. The van der Waals surface area contributed by atoms with Crippen molar-refractivity contribution in [2.24, 2.45) is 0 Å². The van der Waals surface area contributed by atoms with Gasteiger partial charge in [-0.15, -0.1) is 11.8 Å². The topological polar surface area (TPSA) is 55.1 Å². The normalized spacial score (nSPS) is 10.0. The van der Waals surface area contributed by atoms with Gasteiger partial charge < -0.3 is 11.1 Å². The number of carbonyl (C=O) groups is 1. The monoisotopic (exact) mass is 224 g/mol. The van der Waals surface area contributed by atoms with E-state index in [2.05, 4.69) is 5.32 Å². The number of amides is 1. The Kier molecular flexibility index (Phi) is 4.49. The lowest BCUT2D eigenvalue weighted by Gasteiger charge is -2.05. The predicted molar refractivity (Wildman–Crippen MR) is 65.0 cm³/mol. The van der Waals surface area contributed by atoms with Crippen molar-refractivity contribution in [1.82, 2.24) is 5.32 Å². The molecule has 0 aliphatic heterocycles. The Labute approximate surface area is 94.4 Å². The molecule has 0 aliphatic rings. The first-order valence-corrected chi connectivity index (χ1v) is 5.81. The molecule has 15 heavy (non-hydrogen) atoms. The zero-order valence-electron chi connectivity index (χ0n) is 9.04. The fraction of sp³-hybridized carbons (Fsp3) is 0.364. The number of benzene rings is 1. The lowest BCUT2D eigenvalue weighted by atomic mass is 10.2. The molecule has 0 spiro atoms. The van der Waals surface area contributed by atoms with E-state index < -0.39 is 0 Å². The fourth-order valence-electron chi connectivity index (χ4n) is 1.15. The molecule has 1 amide bonds. The van der Waals surface area contributed by atoms with Gasteiger partial charge in [0.1, 0.15) is 0 Å². The van der Waals surface area contributed by atoms with Crippen molar-refractivity contribution in [2.75, 3.05) is 18.5 Å². The molecule has 82 valence electrons. The van der Waals surface area contributed by atoms with Gasteiger partial charge in [-0.2, -0.15) is 0 Å². The largest absolute Gasteiger partial charge is 0.398 e. The highest BCUT2D eigenvalue weighted by Gasteiger charge is 2.02. The van der Waals surface area contributed by atoms with Crippen molar-refractivity contribution in [2.45, 2.75) is 18.2 Å². The molecule has 0 atom stereocenters. The van der Waals surface area contributed by atoms with E-state index >= 15 is 0 Å². The van der Waals surface area contributed by atoms with Gasteiger partial charge in [0.15, 0.2) is 0 Å². The minimum Gasteiger partial charge on any atom is -0.398 e. The molecular weight excluding hydrogens is 208 g/mol. The standard InChI is InChI=1S/C11H16N2OS/c1-8-3-4-9(12)10(7-8)15-6-5-11(14)13-2/h3-4,7H,5-6,12H2,1-2H3,(H,13,14). The molecule has 0 unspecified atom stereocenters. The molecule has 4 heteroatoms. The summed E-state index contributed by atoms with van der Waals surface area (Å²) in [4.78, 5) is 12.1. The van der Waals surface area contributed by atoms with Crippen molar-refractivity contribution < 1.29 is 4.79 Å². The van der Waals surface area contributed by atoms with Crippen molar-refractivity contribution in [1.29, 1.82) is 0 Å². The third-order valence-electron chi connectivity index (χ3n) is 2.03. The number of nitrogen functional groups attached to an aromatic ring is 1. The zero-order valence-corrected chi connectivity index (χ0v) is 9.86. The summed E-state index contributed by atoms with van der Waals surface area (Å²) in [5.74, 6) is 0.821. The molecular formula is C11H16N2OS. The van der Waals surface area contributed by atoms with Gasteiger partial charge in [-0.1, -0.05) is 6.07 Å². The Bertz CT molecular complexity index is 352. The van der Waals surface area contributed by atoms with Crippen LogP contribution in [-0.2, 0) is 4.79 Å². The van der Waals surface area contributed by atoms with E-state index in [1.165, 1.54) is 5.56 Å². The smallest absolute Gasteiger partial charge is 0.220 e. The SMILES string of the molecule is CNC(=O)CCSc1cc(C)ccc1N. The Balaban J connectivity index is 2.50. The molecule has 1 rings (SSSR count). The lowest BCUT2D eigenvalue weighted by molar-refractivity contribution is -0.120. The third kappa shape index (κ3) is 3.83. The molecule has 0 aliphatic carbocycles. The van der Waals surface area contributed by atoms with Gasteiger partial charge >= 0.3 is 0 Å². The summed E-state index contributed by atoms with van der Waals surface area (Å²) in [7, 11) is 1.65. The maximum absolute atomic E-state index is 11.0. The molecule has 0 saturated carbocycles. The average Bonchev–Trinajstić information content (AvgIpc) is 2.23. The first kappa shape index (κ1) is 11.9. The molecule has 0 saturated heterocycles. The van der Waals surface area contributed by atoms with Crippen molar-refractivity contribution in [3.63, 3.8) is 0 Å². The van der Waals surface area contributed by atoms with Gasteiger partial charge in [0.2, 0.25) is 5.91 Å². The maximum atomic E-state index is 11.0. The second-order valence-corrected chi connectivity index (χ2v) is 4.45. The summed E-state index contributed by atoms with van der Waals surface area (Å²) in [6.07, 6.45) is 0.522. The molecule has 0 aromatic heterocycles. The Morgan fingerprint density at radius 1 is 1.53 bits per heavy atom.